The molecule has 0 radical (unpaired) electrons. The van der Waals surface area contributed by atoms with Gasteiger partial charge in [0.25, 0.3) is 0 Å². The van der Waals surface area contributed by atoms with Crippen LogP contribution in [0.15, 0.2) is 17.5 Å². The predicted molar refractivity (Wildman–Crippen MR) is 88.1 cm³/mol. The van der Waals surface area contributed by atoms with Gasteiger partial charge in [-0.3, -0.25) is 0 Å². The number of carbonyl (C=O) groups excluding carboxylic acids is 1. The van der Waals surface area contributed by atoms with E-state index in [0.717, 1.165) is 12.8 Å². The number of nitrogens with one attached hydrogen (secondary N) is 1. The van der Waals surface area contributed by atoms with Gasteiger partial charge in [-0.2, -0.15) is 11.8 Å². The molecule has 3 atom stereocenters. The standard InChI is InChI=1S/C15H22N2O2S2/c1-20-12-5-4-11(9-12)16-15(18)17-6-7-19-13(10-17)14-3-2-8-21-14/h2-3,8,11-13H,4-7,9-10H2,1H3,(H,16,18). The SMILES string of the molecule is CSC1CCC(NC(=O)N2CCOC(c3cccs3)C2)C1. The zero-order valence-corrected chi connectivity index (χ0v) is 13.9. The number of thiophene rings is 1. The summed E-state index contributed by atoms with van der Waals surface area (Å²) in [6.07, 6.45) is 5.61. The van der Waals surface area contributed by atoms with Crippen LogP contribution in [-0.4, -0.2) is 48.2 Å². The number of rotatable bonds is 3. The van der Waals surface area contributed by atoms with E-state index in [9.17, 15) is 4.79 Å². The van der Waals surface area contributed by atoms with Gasteiger partial charge in [0, 0.05) is 22.7 Å². The first kappa shape index (κ1) is 15.2. The monoisotopic (exact) mass is 326 g/mol. The van der Waals surface area contributed by atoms with Crippen LogP contribution in [0.4, 0.5) is 4.79 Å². The molecule has 1 aliphatic heterocycles. The lowest BCUT2D eigenvalue weighted by Gasteiger charge is -2.33. The van der Waals surface area contributed by atoms with Gasteiger partial charge in [-0.25, -0.2) is 4.79 Å². The molecule has 1 aliphatic carbocycles. The molecular weight excluding hydrogens is 304 g/mol. The summed E-state index contributed by atoms with van der Waals surface area (Å²) < 4.78 is 5.79. The molecule has 2 heterocycles. The van der Waals surface area contributed by atoms with E-state index in [4.69, 9.17) is 4.74 Å². The van der Waals surface area contributed by atoms with E-state index in [1.54, 1.807) is 11.3 Å². The van der Waals surface area contributed by atoms with E-state index in [1.807, 2.05) is 22.7 Å². The number of hydrogen-bond donors (Lipinski definition) is 1. The molecule has 1 saturated heterocycles. The van der Waals surface area contributed by atoms with Crippen LogP contribution in [-0.2, 0) is 4.74 Å². The van der Waals surface area contributed by atoms with Crippen LogP contribution < -0.4 is 5.32 Å². The Morgan fingerprint density at radius 3 is 3.14 bits per heavy atom. The lowest BCUT2D eigenvalue weighted by Crippen LogP contribution is -2.49. The summed E-state index contributed by atoms with van der Waals surface area (Å²) in [6, 6.07) is 4.53. The Labute approximate surface area is 134 Å². The molecule has 2 fully saturated rings. The third kappa shape index (κ3) is 3.73. The minimum atomic E-state index is 0.0343. The Hall–Kier alpha value is -0.720. The number of carbonyl (C=O) groups is 1. The number of thioether (sulfide) groups is 1. The summed E-state index contributed by atoms with van der Waals surface area (Å²) in [4.78, 5) is 15.5. The van der Waals surface area contributed by atoms with Crippen LogP contribution in [0.1, 0.15) is 30.2 Å². The molecule has 2 aliphatic rings. The van der Waals surface area contributed by atoms with Gasteiger partial charge in [0.2, 0.25) is 0 Å². The zero-order chi connectivity index (χ0) is 14.7. The van der Waals surface area contributed by atoms with Crippen LogP contribution >= 0.6 is 23.1 Å². The zero-order valence-electron chi connectivity index (χ0n) is 12.3. The van der Waals surface area contributed by atoms with Crippen molar-refractivity contribution in [1.82, 2.24) is 10.2 Å². The molecule has 2 amide bonds. The third-order valence-electron chi connectivity index (χ3n) is 4.26. The Balaban J connectivity index is 1.53. The number of amides is 2. The molecule has 1 aromatic heterocycles. The Kier molecular flexibility index (Phi) is 5.08. The molecular formula is C15H22N2O2S2. The van der Waals surface area contributed by atoms with Crippen molar-refractivity contribution in [1.29, 1.82) is 0 Å². The highest BCUT2D eigenvalue weighted by atomic mass is 32.2. The molecule has 4 nitrogen and oxygen atoms in total. The predicted octanol–water partition coefficient (Wildman–Crippen LogP) is 3.12. The van der Waals surface area contributed by atoms with Gasteiger partial charge in [0.15, 0.2) is 0 Å². The second-order valence-electron chi connectivity index (χ2n) is 5.64. The second kappa shape index (κ2) is 7.03. The number of urea groups is 1. The van der Waals surface area contributed by atoms with Gasteiger partial charge in [0.05, 0.1) is 13.2 Å². The molecule has 0 spiro atoms. The van der Waals surface area contributed by atoms with Crippen molar-refractivity contribution in [3.05, 3.63) is 22.4 Å². The van der Waals surface area contributed by atoms with Gasteiger partial charge in [0.1, 0.15) is 6.10 Å². The van der Waals surface area contributed by atoms with Crippen LogP contribution in [0.2, 0.25) is 0 Å². The summed E-state index contributed by atoms with van der Waals surface area (Å²) >= 11 is 3.61. The third-order valence-corrected chi connectivity index (χ3v) is 6.32. The first-order valence-electron chi connectivity index (χ1n) is 7.49. The largest absolute Gasteiger partial charge is 0.369 e. The van der Waals surface area contributed by atoms with Crippen molar-refractivity contribution in [3.8, 4) is 0 Å². The smallest absolute Gasteiger partial charge is 0.317 e. The average molecular weight is 326 g/mol. The molecule has 3 unspecified atom stereocenters. The normalized spacial score (nSPS) is 29.6. The van der Waals surface area contributed by atoms with E-state index in [2.05, 4.69) is 23.0 Å². The summed E-state index contributed by atoms with van der Waals surface area (Å²) in [5, 5.41) is 5.96. The van der Waals surface area contributed by atoms with E-state index in [0.29, 0.717) is 31.0 Å². The highest BCUT2D eigenvalue weighted by Gasteiger charge is 2.30. The Morgan fingerprint density at radius 1 is 1.52 bits per heavy atom. The fourth-order valence-electron chi connectivity index (χ4n) is 3.03. The molecule has 6 heteroatoms. The summed E-state index contributed by atoms with van der Waals surface area (Å²) in [6.45, 7) is 1.96. The second-order valence-corrected chi connectivity index (χ2v) is 7.76. The highest BCUT2D eigenvalue weighted by Crippen LogP contribution is 2.29. The number of ether oxygens (including phenoxy) is 1. The van der Waals surface area contributed by atoms with E-state index >= 15 is 0 Å². The molecule has 1 N–H and O–H groups in total. The molecule has 116 valence electrons. The maximum Gasteiger partial charge on any atom is 0.317 e. The topological polar surface area (TPSA) is 41.6 Å². The van der Waals surface area contributed by atoms with Gasteiger partial charge in [-0.15, -0.1) is 11.3 Å². The fraction of sp³-hybridized carbons (Fsp3) is 0.667. The van der Waals surface area contributed by atoms with Gasteiger partial charge < -0.3 is 15.0 Å². The fourth-order valence-corrected chi connectivity index (χ4v) is 4.59. The number of hydrogen-bond acceptors (Lipinski definition) is 4. The Bertz CT molecular complexity index is 466. The minimum Gasteiger partial charge on any atom is -0.369 e. The van der Waals surface area contributed by atoms with E-state index in [1.165, 1.54) is 11.3 Å². The van der Waals surface area contributed by atoms with Crippen molar-refractivity contribution >= 4 is 29.1 Å². The average Bonchev–Trinajstić information content (AvgIpc) is 3.18. The highest BCUT2D eigenvalue weighted by molar-refractivity contribution is 7.99. The molecule has 3 rings (SSSR count). The van der Waals surface area contributed by atoms with Gasteiger partial charge in [-0.1, -0.05) is 6.07 Å². The summed E-state index contributed by atoms with van der Waals surface area (Å²) in [5.41, 5.74) is 0. The summed E-state index contributed by atoms with van der Waals surface area (Å²) in [5.74, 6) is 0. The first-order chi connectivity index (χ1) is 10.3. The van der Waals surface area contributed by atoms with Crippen molar-refractivity contribution < 1.29 is 9.53 Å². The van der Waals surface area contributed by atoms with Crippen LogP contribution in [0.3, 0.4) is 0 Å². The maximum absolute atomic E-state index is 12.4. The van der Waals surface area contributed by atoms with Crippen molar-refractivity contribution in [2.75, 3.05) is 26.0 Å². The minimum absolute atomic E-state index is 0.0343. The maximum atomic E-state index is 12.4. The molecule has 1 aromatic rings. The first-order valence-corrected chi connectivity index (χ1v) is 9.66. The van der Waals surface area contributed by atoms with Crippen LogP contribution in [0.25, 0.3) is 0 Å². The lowest BCUT2D eigenvalue weighted by molar-refractivity contribution is -0.0138. The molecule has 0 bridgehead atoms. The van der Waals surface area contributed by atoms with Crippen molar-refractivity contribution in [2.45, 2.75) is 36.7 Å². The van der Waals surface area contributed by atoms with E-state index in [-0.39, 0.29) is 12.1 Å². The van der Waals surface area contributed by atoms with Gasteiger partial charge >= 0.3 is 6.03 Å². The molecule has 1 saturated carbocycles. The van der Waals surface area contributed by atoms with Crippen molar-refractivity contribution in [3.63, 3.8) is 0 Å². The van der Waals surface area contributed by atoms with E-state index < -0.39 is 0 Å². The number of morpholine rings is 1. The lowest BCUT2D eigenvalue weighted by atomic mass is 10.2. The molecule has 21 heavy (non-hydrogen) atoms. The quantitative estimate of drug-likeness (QED) is 0.928. The van der Waals surface area contributed by atoms with Crippen LogP contribution in [0.5, 0.6) is 0 Å². The van der Waals surface area contributed by atoms with Crippen molar-refractivity contribution in [2.24, 2.45) is 0 Å². The molecule has 0 aromatic carbocycles. The van der Waals surface area contributed by atoms with Gasteiger partial charge in [-0.05, 0) is 37.0 Å². The number of nitrogens with zero attached hydrogens (tertiary/aromatic N) is 1. The van der Waals surface area contributed by atoms with Crippen LogP contribution in [0, 0.1) is 0 Å². The Morgan fingerprint density at radius 2 is 2.43 bits per heavy atom. The summed E-state index contributed by atoms with van der Waals surface area (Å²) in [7, 11) is 0.